The Morgan fingerprint density at radius 3 is 2.07 bits per heavy atom. The zero-order valence-corrected chi connectivity index (χ0v) is 27.5. The highest BCUT2D eigenvalue weighted by Gasteiger charge is 2.35. The highest BCUT2D eigenvalue weighted by Crippen LogP contribution is 2.26. The fourth-order valence-electron chi connectivity index (χ4n) is 6.08. The van der Waals surface area contributed by atoms with Crippen molar-refractivity contribution in [2.24, 2.45) is 0 Å². The van der Waals surface area contributed by atoms with Gasteiger partial charge >= 0.3 is 0 Å². The monoisotopic (exact) mass is 637 g/mol. The third kappa shape index (κ3) is 8.23. The Balaban J connectivity index is 1.56. The highest BCUT2D eigenvalue weighted by atomic mass is 32.2. The second-order valence-electron chi connectivity index (χ2n) is 12.1. The van der Waals surface area contributed by atoms with Gasteiger partial charge in [-0.3, -0.25) is 13.9 Å². The molecule has 1 N–H and O–H groups in total. The molecule has 5 rings (SSSR count). The second-order valence-corrected chi connectivity index (χ2v) is 13.9. The minimum absolute atomic E-state index is 0.0636. The summed E-state index contributed by atoms with van der Waals surface area (Å²) >= 11 is 0. The number of hydrogen-bond donors (Lipinski definition) is 1. The van der Waals surface area contributed by atoms with Gasteiger partial charge in [0, 0.05) is 19.0 Å². The summed E-state index contributed by atoms with van der Waals surface area (Å²) in [4.78, 5) is 30.4. The number of carbonyl (C=O) groups is 2. The number of sulfonamides is 1. The summed E-state index contributed by atoms with van der Waals surface area (Å²) in [5.74, 6) is -0.676. The molecule has 46 heavy (non-hydrogen) atoms. The first kappa shape index (κ1) is 32.9. The normalized spacial score (nSPS) is 14.0. The van der Waals surface area contributed by atoms with Crippen LogP contribution in [0.15, 0.2) is 114 Å². The molecule has 240 valence electrons. The van der Waals surface area contributed by atoms with Crippen LogP contribution in [-0.2, 0) is 39.0 Å². The third-order valence-electron chi connectivity index (χ3n) is 8.65. The Bertz CT molecular complexity index is 1700. The van der Waals surface area contributed by atoms with Crippen LogP contribution >= 0.6 is 0 Å². The van der Waals surface area contributed by atoms with Gasteiger partial charge < -0.3 is 10.2 Å². The molecule has 2 amide bonds. The molecule has 0 aromatic heterocycles. The van der Waals surface area contributed by atoms with Gasteiger partial charge in [0.05, 0.1) is 10.6 Å². The van der Waals surface area contributed by atoms with E-state index in [1.165, 1.54) is 16.4 Å². The summed E-state index contributed by atoms with van der Waals surface area (Å²) in [6.07, 6.45) is 5.03. The molecular weight excluding hydrogens is 595 g/mol. The van der Waals surface area contributed by atoms with Crippen LogP contribution in [0.2, 0.25) is 0 Å². The number of amides is 2. The van der Waals surface area contributed by atoms with Gasteiger partial charge in [-0.2, -0.15) is 0 Å². The van der Waals surface area contributed by atoms with Gasteiger partial charge in [0.15, 0.2) is 0 Å². The van der Waals surface area contributed by atoms with E-state index in [0.717, 1.165) is 54.4 Å². The Morgan fingerprint density at radius 2 is 1.43 bits per heavy atom. The second kappa shape index (κ2) is 15.2. The van der Waals surface area contributed by atoms with E-state index in [-0.39, 0.29) is 23.4 Å². The van der Waals surface area contributed by atoms with Crippen molar-refractivity contribution in [3.63, 3.8) is 0 Å². The van der Waals surface area contributed by atoms with E-state index in [1.807, 2.05) is 80.6 Å². The van der Waals surface area contributed by atoms with Crippen molar-refractivity contribution >= 4 is 27.5 Å². The Hall–Kier alpha value is -4.43. The minimum Gasteiger partial charge on any atom is -0.352 e. The maximum absolute atomic E-state index is 14.6. The van der Waals surface area contributed by atoms with E-state index in [9.17, 15) is 18.0 Å². The predicted octanol–water partition coefficient (Wildman–Crippen LogP) is 6.45. The molecule has 0 bridgehead atoms. The van der Waals surface area contributed by atoms with Crippen LogP contribution in [0.5, 0.6) is 0 Å². The van der Waals surface area contributed by atoms with E-state index in [0.29, 0.717) is 12.1 Å². The number of hydrogen-bond acceptors (Lipinski definition) is 4. The minimum atomic E-state index is -4.12. The first-order chi connectivity index (χ1) is 22.2. The highest BCUT2D eigenvalue weighted by molar-refractivity contribution is 7.92. The molecule has 0 radical (unpaired) electrons. The molecule has 1 fully saturated rings. The SMILES string of the molecule is CCc1ccc(N(CC(=O)N(Cc2cccc(C)c2)C(Cc2ccccc2)C(=O)NC2CCCC2)S(=O)(=O)c2ccccc2)cc1. The molecule has 0 saturated heterocycles. The molecule has 7 nitrogen and oxygen atoms in total. The predicted molar refractivity (Wildman–Crippen MR) is 183 cm³/mol. The first-order valence-corrected chi connectivity index (χ1v) is 17.5. The Labute approximate surface area is 273 Å². The van der Waals surface area contributed by atoms with Crippen LogP contribution in [0.3, 0.4) is 0 Å². The number of rotatable bonds is 13. The van der Waals surface area contributed by atoms with E-state index in [2.05, 4.69) is 5.32 Å². The largest absolute Gasteiger partial charge is 0.352 e. The third-order valence-corrected chi connectivity index (χ3v) is 10.4. The van der Waals surface area contributed by atoms with Crippen molar-refractivity contribution < 1.29 is 18.0 Å². The zero-order chi connectivity index (χ0) is 32.5. The fraction of sp³-hybridized carbons (Fsp3) is 0.316. The molecule has 0 spiro atoms. The quantitative estimate of drug-likeness (QED) is 0.183. The number of carbonyl (C=O) groups excluding carboxylic acids is 2. The smallest absolute Gasteiger partial charge is 0.264 e. The molecule has 4 aromatic carbocycles. The molecule has 8 heteroatoms. The number of anilines is 1. The Morgan fingerprint density at radius 1 is 0.804 bits per heavy atom. The molecule has 0 heterocycles. The maximum Gasteiger partial charge on any atom is 0.264 e. The average Bonchev–Trinajstić information content (AvgIpc) is 3.59. The number of nitrogens with zero attached hydrogens (tertiary/aromatic N) is 2. The van der Waals surface area contributed by atoms with Crippen molar-refractivity contribution in [2.45, 2.75) is 75.9 Å². The van der Waals surface area contributed by atoms with Crippen molar-refractivity contribution in [2.75, 3.05) is 10.8 Å². The van der Waals surface area contributed by atoms with Crippen LogP contribution in [0.1, 0.15) is 54.9 Å². The number of nitrogens with one attached hydrogen (secondary N) is 1. The summed E-state index contributed by atoms with van der Waals surface area (Å²) in [6, 6.07) is 32.1. The van der Waals surface area contributed by atoms with Crippen LogP contribution in [0.4, 0.5) is 5.69 Å². The number of aryl methyl sites for hydroxylation is 2. The van der Waals surface area contributed by atoms with E-state index >= 15 is 0 Å². The van der Waals surface area contributed by atoms with Crippen molar-refractivity contribution in [1.29, 1.82) is 0 Å². The zero-order valence-electron chi connectivity index (χ0n) is 26.6. The first-order valence-electron chi connectivity index (χ1n) is 16.1. The maximum atomic E-state index is 14.6. The lowest BCUT2D eigenvalue weighted by atomic mass is 10.0. The number of benzene rings is 4. The molecule has 1 aliphatic rings. The molecule has 1 unspecified atom stereocenters. The van der Waals surface area contributed by atoms with Gasteiger partial charge in [0.1, 0.15) is 12.6 Å². The van der Waals surface area contributed by atoms with E-state index < -0.39 is 28.5 Å². The summed E-state index contributed by atoms with van der Waals surface area (Å²) in [7, 11) is -4.12. The molecule has 1 saturated carbocycles. The summed E-state index contributed by atoms with van der Waals surface area (Å²) in [5.41, 5.74) is 4.26. The summed E-state index contributed by atoms with van der Waals surface area (Å²) in [5, 5.41) is 3.22. The fourth-order valence-corrected chi connectivity index (χ4v) is 7.51. The lowest BCUT2D eigenvalue weighted by Crippen LogP contribution is -2.54. The summed E-state index contributed by atoms with van der Waals surface area (Å²) < 4.78 is 29.5. The van der Waals surface area contributed by atoms with E-state index in [1.54, 1.807) is 35.2 Å². The van der Waals surface area contributed by atoms with E-state index in [4.69, 9.17) is 0 Å². The van der Waals surface area contributed by atoms with Crippen LogP contribution in [-0.4, -0.2) is 43.8 Å². The molecule has 0 aliphatic heterocycles. The lowest BCUT2D eigenvalue weighted by molar-refractivity contribution is -0.140. The topological polar surface area (TPSA) is 86.8 Å². The van der Waals surface area contributed by atoms with Crippen molar-refractivity contribution in [1.82, 2.24) is 10.2 Å². The van der Waals surface area contributed by atoms with Gasteiger partial charge in [0.25, 0.3) is 10.0 Å². The summed E-state index contributed by atoms with van der Waals surface area (Å²) in [6.45, 7) is 3.71. The molecule has 1 aliphatic carbocycles. The van der Waals surface area contributed by atoms with Gasteiger partial charge in [-0.1, -0.05) is 110 Å². The van der Waals surface area contributed by atoms with Gasteiger partial charge in [-0.15, -0.1) is 0 Å². The molecular formula is C38H43N3O4S. The van der Waals surface area contributed by atoms with Crippen LogP contribution in [0, 0.1) is 6.92 Å². The van der Waals surface area contributed by atoms with Crippen molar-refractivity contribution in [3.8, 4) is 0 Å². The van der Waals surface area contributed by atoms with Gasteiger partial charge in [0.2, 0.25) is 11.8 Å². The van der Waals surface area contributed by atoms with Gasteiger partial charge in [-0.05, 0) is 67.1 Å². The standard InChI is InChI=1S/C38H43N3O4S/c1-3-30-21-23-34(24-22-30)41(46(44,45)35-19-8-5-9-20-35)28-37(42)40(27-32-16-12-13-29(2)25-32)36(26-31-14-6-4-7-15-31)38(43)39-33-17-10-11-18-33/h4-9,12-16,19-25,33,36H,3,10-11,17-18,26-28H2,1-2H3,(H,39,43). The lowest BCUT2D eigenvalue weighted by Gasteiger charge is -2.34. The van der Waals surface area contributed by atoms with Crippen LogP contribution in [0.25, 0.3) is 0 Å². The van der Waals surface area contributed by atoms with Gasteiger partial charge in [-0.25, -0.2) is 8.42 Å². The van der Waals surface area contributed by atoms with Crippen LogP contribution < -0.4 is 9.62 Å². The Kier molecular flexibility index (Phi) is 10.9. The average molecular weight is 638 g/mol. The molecule has 1 atom stereocenters. The molecule has 4 aromatic rings. The van der Waals surface area contributed by atoms with Crippen molar-refractivity contribution in [3.05, 3.63) is 131 Å².